The average molecular weight is 539 g/mol. The Bertz CT molecular complexity index is 2050. The Hall–Kier alpha value is -3.91. The zero-order valence-electron chi connectivity index (χ0n) is 25.7. The smallest absolute Gasteiger partial charge is 0.228 e. The summed E-state index contributed by atoms with van der Waals surface area (Å²) in [5, 5.41) is 10.3. The van der Waals surface area contributed by atoms with E-state index < -0.39 is 0 Å². The third-order valence-corrected chi connectivity index (χ3v) is 8.72. The molecule has 6 aromatic rings. The molecular formula is C39H40NO+. The summed E-state index contributed by atoms with van der Waals surface area (Å²) in [4.78, 5) is 0. The Kier molecular flexibility index (Phi) is 5.58. The van der Waals surface area contributed by atoms with Gasteiger partial charge < -0.3 is 4.74 Å². The first kappa shape index (κ1) is 26.0. The van der Waals surface area contributed by atoms with Crippen molar-refractivity contribution in [2.45, 2.75) is 61.3 Å². The second kappa shape index (κ2) is 8.79. The van der Waals surface area contributed by atoms with Gasteiger partial charge in [0, 0.05) is 17.0 Å². The van der Waals surface area contributed by atoms with E-state index in [4.69, 9.17) is 4.74 Å². The van der Waals surface area contributed by atoms with Crippen molar-refractivity contribution in [2.75, 3.05) is 0 Å². The van der Waals surface area contributed by atoms with E-state index >= 15 is 0 Å². The standard InChI is InChI=1S/C39H40NO/c1-23-26-17-16-24-12-9-10-14-27(24)34(26)31(22-39(5,6)7)37-33(23)36-35-29(18-19-40(36)8)28-15-11-13-25(21-38(2,3)4)30(28)20-32(35)41-37/h9-20H,21-22H2,1-8H3/q+1. The molecule has 0 saturated carbocycles. The number of pyridine rings is 1. The number of hydrogen-bond acceptors (Lipinski definition) is 1. The first-order chi connectivity index (χ1) is 19.4. The van der Waals surface area contributed by atoms with Gasteiger partial charge in [0.15, 0.2) is 6.20 Å². The Morgan fingerprint density at radius 3 is 2.17 bits per heavy atom. The molecular weight excluding hydrogens is 498 g/mol. The van der Waals surface area contributed by atoms with Gasteiger partial charge in [-0.05, 0) is 80.1 Å². The largest absolute Gasteiger partial charge is 0.455 e. The quantitative estimate of drug-likeness (QED) is 0.158. The molecule has 1 aromatic heterocycles. The van der Waals surface area contributed by atoms with Gasteiger partial charge in [-0.2, -0.15) is 0 Å². The first-order valence-corrected chi connectivity index (χ1v) is 14.9. The fraction of sp³-hybridized carbons (Fsp3) is 0.308. The number of aromatic nitrogens is 1. The summed E-state index contributed by atoms with van der Waals surface area (Å²) < 4.78 is 9.50. The van der Waals surface area contributed by atoms with Crippen LogP contribution in [0.2, 0.25) is 0 Å². The summed E-state index contributed by atoms with van der Waals surface area (Å²) in [5.74, 6) is 2.01. The lowest BCUT2D eigenvalue weighted by molar-refractivity contribution is -0.659. The van der Waals surface area contributed by atoms with Gasteiger partial charge in [0.05, 0.1) is 10.9 Å². The van der Waals surface area contributed by atoms with Crippen LogP contribution in [0.3, 0.4) is 0 Å². The molecule has 0 aliphatic carbocycles. The number of aryl methyl sites for hydroxylation is 2. The third kappa shape index (κ3) is 4.10. The number of nitrogens with zero attached hydrogens (tertiary/aromatic N) is 1. The van der Waals surface area contributed by atoms with Gasteiger partial charge in [-0.25, -0.2) is 4.57 Å². The molecule has 41 heavy (non-hydrogen) atoms. The van der Waals surface area contributed by atoms with E-state index in [-0.39, 0.29) is 10.8 Å². The lowest BCUT2D eigenvalue weighted by Gasteiger charge is -2.29. The minimum atomic E-state index is 0.0913. The summed E-state index contributed by atoms with van der Waals surface area (Å²) in [5.41, 5.74) is 6.76. The van der Waals surface area contributed by atoms with Crippen LogP contribution in [-0.4, -0.2) is 0 Å². The molecule has 0 amide bonds. The van der Waals surface area contributed by atoms with Crippen molar-refractivity contribution < 1.29 is 9.30 Å². The predicted octanol–water partition coefficient (Wildman–Crippen LogP) is 10.4. The van der Waals surface area contributed by atoms with Gasteiger partial charge in [-0.3, -0.25) is 0 Å². The second-order valence-corrected chi connectivity index (χ2v) is 14.5. The first-order valence-electron chi connectivity index (χ1n) is 14.9. The number of fused-ring (bicyclic) bond motifs is 7. The predicted molar refractivity (Wildman–Crippen MR) is 174 cm³/mol. The minimum Gasteiger partial charge on any atom is -0.455 e. The third-order valence-electron chi connectivity index (χ3n) is 8.72. The maximum atomic E-state index is 7.20. The van der Waals surface area contributed by atoms with Crippen molar-refractivity contribution in [1.82, 2.24) is 0 Å². The van der Waals surface area contributed by atoms with E-state index in [9.17, 15) is 0 Å². The number of benzene rings is 5. The highest BCUT2D eigenvalue weighted by Crippen LogP contribution is 2.53. The van der Waals surface area contributed by atoms with E-state index in [2.05, 4.69) is 133 Å². The van der Waals surface area contributed by atoms with Gasteiger partial charge in [-0.1, -0.05) is 96.1 Å². The highest BCUT2D eigenvalue weighted by Gasteiger charge is 2.35. The SMILES string of the molecule is Cc1c2c(c(CC(C)(C)C)c3c1ccc1ccccc13)Oc1cc3c(CC(C)(C)C)cccc3c3cc[n+](C)c-2c13. The van der Waals surface area contributed by atoms with Crippen LogP contribution >= 0.6 is 0 Å². The van der Waals surface area contributed by atoms with Crippen LogP contribution in [0.5, 0.6) is 11.5 Å². The molecule has 0 N–H and O–H groups in total. The summed E-state index contributed by atoms with van der Waals surface area (Å²) in [6.07, 6.45) is 4.18. The van der Waals surface area contributed by atoms with Crippen LogP contribution in [0.15, 0.2) is 72.9 Å². The van der Waals surface area contributed by atoms with Crippen molar-refractivity contribution in [3.05, 3.63) is 89.6 Å². The number of ether oxygens (including phenoxy) is 1. The van der Waals surface area contributed by atoms with Crippen molar-refractivity contribution >= 4 is 43.1 Å². The fourth-order valence-electron chi connectivity index (χ4n) is 7.14. The second-order valence-electron chi connectivity index (χ2n) is 14.5. The molecule has 0 radical (unpaired) electrons. The van der Waals surface area contributed by atoms with Gasteiger partial charge in [0.1, 0.15) is 18.5 Å². The highest BCUT2D eigenvalue weighted by molar-refractivity contribution is 6.18. The molecule has 5 aromatic carbocycles. The van der Waals surface area contributed by atoms with Crippen molar-refractivity contribution in [2.24, 2.45) is 17.9 Å². The average Bonchev–Trinajstić information content (AvgIpc) is 2.90. The monoisotopic (exact) mass is 538 g/mol. The highest BCUT2D eigenvalue weighted by atomic mass is 16.5. The maximum absolute atomic E-state index is 7.20. The van der Waals surface area contributed by atoms with Crippen LogP contribution in [0.1, 0.15) is 58.2 Å². The van der Waals surface area contributed by atoms with E-state index in [1.54, 1.807) is 0 Å². The molecule has 0 spiro atoms. The van der Waals surface area contributed by atoms with Crippen molar-refractivity contribution in [3.8, 4) is 22.8 Å². The minimum absolute atomic E-state index is 0.0913. The Balaban J connectivity index is 1.65. The Morgan fingerprint density at radius 2 is 1.41 bits per heavy atom. The van der Waals surface area contributed by atoms with E-state index in [1.807, 2.05) is 0 Å². The Morgan fingerprint density at radius 1 is 0.683 bits per heavy atom. The topological polar surface area (TPSA) is 13.1 Å². The molecule has 0 unspecified atom stereocenters. The van der Waals surface area contributed by atoms with E-state index in [0.717, 1.165) is 24.3 Å². The molecule has 1 aliphatic rings. The van der Waals surface area contributed by atoms with Gasteiger partial charge in [-0.15, -0.1) is 0 Å². The number of rotatable bonds is 2. The van der Waals surface area contributed by atoms with Crippen LogP contribution < -0.4 is 9.30 Å². The summed E-state index contributed by atoms with van der Waals surface area (Å²) in [7, 11) is 2.18. The fourth-order valence-corrected chi connectivity index (χ4v) is 7.14. The molecule has 2 nitrogen and oxygen atoms in total. The molecule has 0 fully saturated rings. The van der Waals surface area contributed by atoms with Crippen LogP contribution in [0.25, 0.3) is 54.3 Å². The van der Waals surface area contributed by atoms with Crippen molar-refractivity contribution in [3.63, 3.8) is 0 Å². The zero-order chi connectivity index (χ0) is 28.8. The Labute approximate surface area is 243 Å². The van der Waals surface area contributed by atoms with Gasteiger partial charge >= 0.3 is 0 Å². The van der Waals surface area contributed by atoms with E-state index in [1.165, 1.54) is 71.0 Å². The number of hydrogen-bond donors (Lipinski definition) is 0. The summed E-state index contributed by atoms with van der Waals surface area (Å²) in [6, 6.07) is 24.8. The van der Waals surface area contributed by atoms with Gasteiger partial charge in [0.25, 0.3) is 0 Å². The molecule has 0 atom stereocenters. The zero-order valence-corrected chi connectivity index (χ0v) is 25.7. The molecule has 2 heteroatoms. The summed E-state index contributed by atoms with van der Waals surface area (Å²) >= 11 is 0. The summed E-state index contributed by atoms with van der Waals surface area (Å²) in [6.45, 7) is 16.2. The lowest BCUT2D eigenvalue weighted by atomic mass is 9.80. The molecule has 206 valence electrons. The molecule has 7 rings (SSSR count). The maximum Gasteiger partial charge on any atom is 0.228 e. The molecule has 2 heterocycles. The van der Waals surface area contributed by atoms with Crippen LogP contribution in [0.4, 0.5) is 0 Å². The molecule has 0 bridgehead atoms. The lowest BCUT2D eigenvalue weighted by Crippen LogP contribution is -2.32. The normalized spacial score (nSPS) is 13.3. The van der Waals surface area contributed by atoms with Gasteiger partial charge in [0.2, 0.25) is 5.69 Å². The van der Waals surface area contributed by atoms with Crippen molar-refractivity contribution in [1.29, 1.82) is 0 Å². The molecule has 1 aliphatic heterocycles. The van der Waals surface area contributed by atoms with Crippen LogP contribution in [-0.2, 0) is 19.9 Å². The van der Waals surface area contributed by atoms with E-state index in [0.29, 0.717) is 0 Å². The van der Waals surface area contributed by atoms with Crippen LogP contribution in [0, 0.1) is 17.8 Å². The molecule has 0 saturated heterocycles.